The fourth-order valence-electron chi connectivity index (χ4n) is 2.85. The van der Waals surface area contributed by atoms with E-state index in [-0.39, 0.29) is 6.04 Å². The summed E-state index contributed by atoms with van der Waals surface area (Å²) in [6, 6.07) is 8.80. The van der Waals surface area contributed by atoms with Crippen molar-refractivity contribution >= 4 is 0 Å². The van der Waals surface area contributed by atoms with Crippen molar-refractivity contribution in [3.63, 3.8) is 0 Å². The summed E-state index contributed by atoms with van der Waals surface area (Å²) in [6.45, 7) is 7.87. The monoisotopic (exact) mass is 246 g/mol. The van der Waals surface area contributed by atoms with Gasteiger partial charge in [0.1, 0.15) is 0 Å². The van der Waals surface area contributed by atoms with Gasteiger partial charge in [0.25, 0.3) is 0 Å². The van der Waals surface area contributed by atoms with Crippen LogP contribution in [0.5, 0.6) is 0 Å². The van der Waals surface area contributed by atoms with Gasteiger partial charge >= 0.3 is 0 Å². The van der Waals surface area contributed by atoms with E-state index < -0.39 is 0 Å². The van der Waals surface area contributed by atoms with Crippen LogP contribution in [0.15, 0.2) is 24.3 Å². The summed E-state index contributed by atoms with van der Waals surface area (Å²) in [5.41, 5.74) is 8.89. The Hall–Kier alpha value is -0.860. The Morgan fingerprint density at radius 1 is 1.33 bits per heavy atom. The molecule has 0 aromatic heterocycles. The molecule has 0 aliphatic carbocycles. The van der Waals surface area contributed by atoms with Gasteiger partial charge in [-0.2, -0.15) is 0 Å². The van der Waals surface area contributed by atoms with E-state index in [9.17, 15) is 0 Å². The van der Waals surface area contributed by atoms with Gasteiger partial charge < -0.3 is 10.6 Å². The molecule has 2 N–H and O–H groups in total. The van der Waals surface area contributed by atoms with Crippen molar-refractivity contribution < 1.29 is 0 Å². The summed E-state index contributed by atoms with van der Waals surface area (Å²) < 4.78 is 0. The highest BCUT2D eigenvalue weighted by atomic mass is 15.1. The number of hydrogen-bond acceptors (Lipinski definition) is 2. The molecule has 1 heterocycles. The molecule has 0 bridgehead atoms. The van der Waals surface area contributed by atoms with Crippen LogP contribution in [0.2, 0.25) is 0 Å². The van der Waals surface area contributed by atoms with Gasteiger partial charge in [0.2, 0.25) is 0 Å². The average Bonchev–Trinajstić information content (AvgIpc) is 2.39. The van der Waals surface area contributed by atoms with Crippen LogP contribution in [0, 0.1) is 12.8 Å². The zero-order chi connectivity index (χ0) is 13.0. The van der Waals surface area contributed by atoms with E-state index in [0.717, 1.165) is 12.5 Å². The van der Waals surface area contributed by atoms with E-state index in [4.69, 9.17) is 5.73 Å². The molecule has 1 aliphatic rings. The molecular weight excluding hydrogens is 220 g/mol. The second kappa shape index (κ2) is 6.35. The maximum atomic E-state index is 6.32. The number of piperidine rings is 1. The van der Waals surface area contributed by atoms with Crippen LogP contribution in [0.25, 0.3) is 0 Å². The lowest BCUT2D eigenvalue weighted by molar-refractivity contribution is 0.163. The summed E-state index contributed by atoms with van der Waals surface area (Å²) in [5, 5.41) is 0. The molecule has 2 unspecified atom stereocenters. The number of benzene rings is 1. The highest BCUT2D eigenvalue weighted by molar-refractivity contribution is 5.24. The normalized spacial score (nSPS) is 22.9. The van der Waals surface area contributed by atoms with Crippen LogP contribution in [-0.4, -0.2) is 24.5 Å². The lowest BCUT2D eigenvalue weighted by Gasteiger charge is -2.33. The third-order valence-corrected chi connectivity index (χ3v) is 4.14. The quantitative estimate of drug-likeness (QED) is 0.884. The molecule has 1 aromatic carbocycles. The van der Waals surface area contributed by atoms with E-state index in [1.165, 1.54) is 43.5 Å². The maximum Gasteiger partial charge on any atom is 0.0424 e. The first-order chi connectivity index (χ1) is 8.69. The molecule has 2 heteroatoms. The molecule has 1 aromatic rings. The third-order valence-electron chi connectivity index (χ3n) is 4.14. The van der Waals surface area contributed by atoms with Crippen LogP contribution in [0.3, 0.4) is 0 Å². The Kier molecular flexibility index (Phi) is 4.79. The largest absolute Gasteiger partial charge is 0.323 e. The number of hydrogen-bond donors (Lipinski definition) is 1. The van der Waals surface area contributed by atoms with Crippen LogP contribution >= 0.6 is 0 Å². The standard InChI is InChI=1S/C16H26N2/c1-3-14-5-4-10-18(11-14)12-16(17)15-8-6-13(2)7-9-15/h6-9,14,16H,3-5,10-12,17H2,1-2H3. The summed E-state index contributed by atoms with van der Waals surface area (Å²) in [6.07, 6.45) is 4.03. The predicted molar refractivity (Wildman–Crippen MR) is 77.6 cm³/mol. The first kappa shape index (κ1) is 13.6. The van der Waals surface area contributed by atoms with E-state index in [1.807, 2.05) is 0 Å². The van der Waals surface area contributed by atoms with Crippen molar-refractivity contribution in [2.75, 3.05) is 19.6 Å². The third kappa shape index (κ3) is 3.56. The Labute approximate surface area is 111 Å². The number of nitrogens with two attached hydrogens (primary N) is 1. The number of aryl methyl sites for hydroxylation is 1. The minimum absolute atomic E-state index is 0.154. The molecule has 1 saturated heterocycles. The molecule has 0 spiro atoms. The Balaban J connectivity index is 1.90. The molecule has 2 rings (SSSR count). The average molecular weight is 246 g/mol. The minimum atomic E-state index is 0.154. The van der Waals surface area contributed by atoms with Gasteiger partial charge in [-0.3, -0.25) is 0 Å². The zero-order valence-corrected chi connectivity index (χ0v) is 11.7. The highest BCUT2D eigenvalue weighted by Crippen LogP contribution is 2.21. The predicted octanol–water partition coefficient (Wildman–Crippen LogP) is 3.12. The van der Waals surface area contributed by atoms with Crippen molar-refractivity contribution in [3.05, 3.63) is 35.4 Å². The number of nitrogens with zero attached hydrogens (tertiary/aromatic N) is 1. The highest BCUT2D eigenvalue weighted by Gasteiger charge is 2.20. The zero-order valence-electron chi connectivity index (χ0n) is 11.7. The van der Waals surface area contributed by atoms with Crippen LogP contribution in [-0.2, 0) is 0 Å². The fourth-order valence-corrected chi connectivity index (χ4v) is 2.85. The molecular formula is C16H26N2. The Morgan fingerprint density at radius 3 is 2.72 bits per heavy atom. The molecule has 0 amide bonds. The Bertz CT molecular complexity index is 358. The molecule has 1 fully saturated rings. The van der Waals surface area contributed by atoms with Crippen molar-refractivity contribution in [1.82, 2.24) is 4.90 Å². The molecule has 2 atom stereocenters. The molecule has 0 radical (unpaired) electrons. The second-order valence-corrected chi connectivity index (χ2v) is 5.69. The molecule has 100 valence electrons. The van der Waals surface area contributed by atoms with E-state index in [2.05, 4.69) is 43.0 Å². The maximum absolute atomic E-state index is 6.32. The fraction of sp³-hybridized carbons (Fsp3) is 0.625. The van der Waals surface area contributed by atoms with E-state index in [0.29, 0.717) is 0 Å². The summed E-state index contributed by atoms with van der Waals surface area (Å²) >= 11 is 0. The van der Waals surface area contributed by atoms with Crippen LogP contribution < -0.4 is 5.73 Å². The van der Waals surface area contributed by atoms with Crippen molar-refractivity contribution in [1.29, 1.82) is 0 Å². The van der Waals surface area contributed by atoms with Gasteiger partial charge in [0, 0.05) is 19.1 Å². The van der Waals surface area contributed by atoms with Crippen LogP contribution in [0.1, 0.15) is 43.4 Å². The summed E-state index contributed by atoms with van der Waals surface area (Å²) in [4.78, 5) is 2.54. The number of rotatable bonds is 4. The van der Waals surface area contributed by atoms with Gasteiger partial charge in [-0.05, 0) is 37.8 Å². The second-order valence-electron chi connectivity index (χ2n) is 5.69. The van der Waals surface area contributed by atoms with Gasteiger partial charge in [-0.1, -0.05) is 43.2 Å². The SMILES string of the molecule is CCC1CCCN(CC(N)c2ccc(C)cc2)C1. The van der Waals surface area contributed by atoms with Gasteiger partial charge in [0.05, 0.1) is 0 Å². The first-order valence-electron chi connectivity index (χ1n) is 7.23. The van der Waals surface area contributed by atoms with Gasteiger partial charge in [0.15, 0.2) is 0 Å². The van der Waals surface area contributed by atoms with E-state index >= 15 is 0 Å². The minimum Gasteiger partial charge on any atom is -0.323 e. The smallest absolute Gasteiger partial charge is 0.0424 e. The first-order valence-corrected chi connectivity index (χ1v) is 7.23. The van der Waals surface area contributed by atoms with Crippen LogP contribution in [0.4, 0.5) is 0 Å². The summed E-state index contributed by atoms with van der Waals surface area (Å²) in [7, 11) is 0. The molecule has 0 saturated carbocycles. The Morgan fingerprint density at radius 2 is 2.06 bits per heavy atom. The topological polar surface area (TPSA) is 29.3 Å². The summed E-state index contributed by atoms with van der Waals surface area (Å²) in [5.74, 6) is 0.879. The van der Waals surface area contributed by atoms with Crippen molar-refractivity contribution in [2.24, 2.45) is 11.7 Å². The molecule has 18 heavy (non-hydrogen) atoms. The van der Waals surface area contributed by atoms with Crippen molar-refractivity contribution in [3.8, 4) is 0 Å². The molecule has 2 nitrogen and oxygen atoms in total. The van der Waals surface area contributed by atoms with E-state index in [1.54, 1.807) is 0 Å². The lowest BCUT2D eigenvalue weighted by Crippen LogP contribution is -2.39. The number of likely N-dealkylation sites (tertiary alicyclic amines) is 1. The van der Waals surface area contributed by atoms with Crippen molar-refractivity contribution in [2.45, 2.75) is 39.2 Å². The lowest BCUT2D eigenvalue weighted by atomic mass is 9.95. The van der Waals surface area contributed by atoms with Gasteiger partial charge in [-0.15, -0.1) is 0 Å². The molecule has 1 aliphatic heterocycles. The van der Waals surface area contributed by atoms with Gasteiger partial charge in [-0.25, -0.2) is 0 Å².